The van der Waals surface area contributed by atoms with E-state index in [1.165, 1.54) is 22.0 Å². The van der Waals surface area contributed by atoms with E-state index in [2.05, 4.69) is 40.6 Å². The molecule has 0 amide bonds. The van der Waals surface area contributed by atoms with Crippen LogP contribution in [0.4, 0.5) is 0 Å². The molecule has 102 valence electrons. The van der Waals surface area contributed by atoms with Crippen LogP contribution in [0.1, 0.15) is 11.1 Å². The third-order valence-electron chi connectivity index (χ3n) is 3.43. The van der Waals surface area contributed by atoms with Gasteiger partial charge in [0.25, 0.3) is 0 Å². The van der Waals surface area contributed by atoms with Gasteiger partial charge in [0.1, 0.15) is 0 Å². The van der Waals surface area contributed by atoms with Gasteiger partial charge in [-0.3, -0.25) is 0 Å². The van der Waals surface area contributed by atoms with Crippen LogP contribution in [0.3, 0.4) is 0 Å². The van der Waals surface area contributed by atoms with Crippen LogP contribution in [0.25, 0.3) is 10.9 Å². The third-order valence-corrected chi connectivity index (χ3v) is 3.66. The van der Waals surface area contributed by atoms with Gasteiger partial charge in [-0.2, -0.15) is 0 Å². The van der Waals surface area contributed by atoms with Crippen LogP contribution in [-0.2, 0) is 13.0 Å². The fourth-order valence-corrected chi connectivity index (χ4v) is 2.58. The predicted octanol–water partition coefficient (Wildman–Crippen LogP) is 4.15. The van der Waals surface area contributed by atoms with Crippen molar-refractivity contribution in [3.63, 3.8) is 0 Å². The minimum absolute atomic E-state index is 0.805. The number of fused-ring (bicyclic) bond motifs is 1. The second kappa shape index (κ2) is 6.12. The molecule has 1 heterocycles. The molecule has 3 heteroatoms. The number of benzene rings is 2. The van der Waals surface area contributed by atoms with E-state index in [-0.39, 0.29) is 0 Å². The highest BCUT2D eigenvalue weighted by Crippen LogP contribution is 2.14. The molecule has 0 fully saturated rings. The van der Waals surface area contributed by atoms with Crippen LogP contribution in [0.5, 0.6) is 0 Å². The van der Waals surface area contributed by atoms with Gasteiger partial charge in [0.2, 0.25) is 0 Å². The maximum atomic E-state index is 5.97. The lowest BCUT2D eigenvalue weighted by atomic mass is 10.1. The van der Waals surface area contributed by atoms with Crippen molar-refractivity contribution in [2.45, 2.75) is 13.0 Å². The lowest BCUT2D eigenvalue weighted by Crippen LogP contribution is -2.16. The van der Waals surface area contributed by atoms with Crippen molar-refractivity contribution < 1.29 is 0 Å². The van der Waals surface area contributed by atoms with Crippen molar-refractivity contribution in [2.24, 2.45) is 0 Å². The van der Waals surface area contributed by atoms with Crippen LogP contribution in [0.2, 0.25) is 5.02 Å². The molecule has 2 aromatic carbocycles. The van der Waals surface area contributed by atoms with Gasteiger partial charge in [-0.05, 0) is 53.7 Å². The molecule has 0 aliphatic carbocycles. The molecule has 2 N–H and O–H groups in total. The van der Waals surface area contributed by atoms with Crippen LogP contribution in [-0.4, -0.2) is 11.5 Å². The van der Waals surface area contributed by atoms with Crippen molar-refractivity contribution >= 4 is 22.5 Å². The van der Waals surface area contributed by atoms with Crippen molar-refractivity contribution in [1.29, 1.82) is 0 Å². The summed E-state index contributed by atoms with van der Waals surface area (Å²) in [5, 5.41) is 5.53. The Bertz CT molecular complexity index is 703. The summed E-state index contributed by atoms with van der Waals surface area (Å²) in [6.07, 6.45) is 2.96. The number of aromatic amines is 1. The fourth-order valence-electron chi connectivity index (χ4n) is 2.36. The summed E-state index contributed by atoms with van der Waals surface area (Å²) in [7, 11) is 0. The van der Waals surface area contributed by atoms with E-state index in [1.54, 1.807) is 0 Å². The van der Waals surface area contributed by atoms with Gasteiger partial charge in [0, 0.05) is 23.3 Å². The molecule has 0 unspecified atom stereocenters. The van der Waals surface area contributed by atoms with Crippen molar-refractivity contribution in [2.75, 3.05) is 6.54 Å². The smallest absolute Gasteiger partial charge is 0.0457 e. The van der Waals surface area contributed by atoms with Gasteiger partial charge in [-0.1, -0.05) is 35.9 Å². The zero-order valence-electron chi connectivity index (χ0n) is 11.2. The Morgan fingerprint density at radius 1 is 1.00 bits per heavy atom. The van der Waals surface area contributed by atoms with Crippen LogP contribution >= 0.6 is 11.6 Å². The highest BCUT2D eigenvalue weighted by Gasteiger charge is 1.98. The number of hydrogen-bond donors (Lipinski definition) is 2. The Balaban J connectivity index is 1.52. The Morgan fingerprint density at radius 3 is 2.85 bits per heavy atom. The molecule has 3 aromatic rings. The van der Waals surface area contributed by atoms with Crippen molar-refractivity contribution in [3.8, 4) is 0 Å². The second-order valence-electron chi connectivity index (χ2n) is 4.96. The lowest BCUT2D eigenvalue weighted by molar-refractivity contribution is 0.687. The quantitative estimate of drug-likeness (QED) is 0.677. The molecule has 0 spiro atoms. The topological polar surface area (TPSA) is 27.8 Å². The minimum atomic E-state index is 0.805. The fraction of sp³-hybridized carbons (Fsp3) is 0.176. The first-order valence-corrected chi connectivity index (χ1v) is 7.20. The molecule has 0 radical (unpaired) electrons. The van der Waals surface area contributed by atoms with Gasteiger partial charge in [0.15, 0.2) is 0 Å². The molecule has 20 heavy (non-hydrogen) atoms. The molecule has 0 atom stereocenters. The highest BCUT2D eigenvalue weighted by molar-refractivity contribution is 6.30. The summed E-state index contributed by atoms with van der Waals surface area (Å²) in [5.41, 5.74) is 3.76. The number of hydrogen-bond acceptors (Lipinski definition) is 1. The van der Waals surface area contributed by atoms with E-state index >= 15 is 0 Å². The highest BCUT2D eigenvalue weighted by atomic mass is 35.5. The Morgan fingerprint density at radius 2 is 1.95 bits per heavy atom. The van der Waals surface area contributed by atoms with Crippen LogP contribution in [0, 0.1) is 0 Å². The monoisotopic (exact) mass is 284 g/mol. The molecule has 0 bridgehead atoms. The average molecular weight is 285 g/mol. The first-order valence-electron chi connectivity index (χ1n) is 6.82. The van der Waals surface area contributed by atoms with Gasteiger partial charge < -0.3 is 10.3 Å². The van der Waals surface area contributed by atoms with Gasteiger partial charge in [-0.15, -0.1) is 0 Å². The number of H-pyrrole nitrogens is 1. The summed E-state index contributed by atoms with van der Waals surface area (Å²) >= 11 is 5.97. The molecular formula is C17H17ClN2. The number of nitrogens with one attached hydrogen (secondary N) is 2. The molecule has 0 saturated heterocycles. The Labute approximate surface area is 123 Å². The minimum Gasteiger partial charge on any atom is -0.361 e. The molecule has 0 aliphatic heterocycles. The maximum Gasteiger partial charge on any atom is 0.0457 e. The summed E-state index contributed by atoms with van der Waals surface area (Å²) in [5.74, 6) is 0. The van der Waals surface area contributed by atoms with Crippen molar-refractivity contribution in [3.05, 3.63) is 70.9 Å². The Kier molecular flexibility index (Phi) is 4.05. The maximum absolute atomic E-state index is 5.97. The van der Waals surface area contributed by atoms with E-state index in [4.69, 9.17) is 11.6 Å². The lowest BCUT2D eigenvalue weighted by Gasteiger charge is -2.06. The third kappa shape index (κ3) is 3.21. The molecule has 3 rings (SSSR count). The summed E-state index contributed by atoms with van der Waals surface area (Å²) in [4.78, 5) is 3.24. The van der Waals surface area contributed by atoms with Gasteiger partial charge in [-0.25, -0.2) is 0 Å². The van der Waals surface area contributed by atoms with Crippen molar-refractivity contribution in [1.82, 2.24) is 10.3 Å². The second-order valence-corrected chi connectivity index (χ2v) is 5.39. The molecule has 0 saturated carbocycles. The number of halogens is 1. The van der Waals surface area contributed by atoms with E-state index < -0.39 is 0 Å². The van der Waals surface area contributed by atoms with Crippen LogP contribution < -0.4 is 5.32 Å². The standard InChI is InChI=1S/C17H17ClN2/c18-16-3-1-2-13(10-16)6-8-19-12-14-4-5-15-7-9-20-17(15)11-14/h1-5,7,9-11,19-20H,6,8,12H2. The van der Waals surface area contributed by atoms with E-state index in [9.17, 15) is 0 Å². The van der Waals surface area contributed by atoms with Crippen LogP contribution in [0.15, 0.2) is 54.7 Å². The van der Waals surface area contributed by atoms with Gasteiger partial charge >= 0.3 is 0 Å². The first-order chi connectivity index (χ1) is 9.81. The zero-order valence-corrected chi connectivity index (χ0v) is 12.0. The molecular weight excluding hydrogens is 268 g/mol. The number of rotatable bonds is 5. The average Bonchev–Trinajstić information content (AvgIpc) is 2.91. The SMILES string of the molecule is Clc1cccc(CCNCc2ccc3cc[nH]c3c2)c1. The van der Waals surface area contributed by atoms with E-state index in [1.807, 2.05) is 24.4 Å². The molecule has 1 aromatic heterocycles. The molecule has 0 aliphatic rings. The summed E-state index contributed by atoms with van der Waals surface area (Å²) in [6.45, 7) is 1.83. The summed E-state index contributed by atoms with van der Waals surface area (Å²) in [6, 6.07) is 16.6. The Hall–Kier alpha value is -1.77. The van der Waals surface area contributed by atoms with E-state index in [0.29, 0.717) is 0 Å². The summed E-state index contributed by atoms with van der Waals surface area (Å²) < 4.78 is 0. The molecule has 2 nitrogen and oxygen atoms in total. The largest absolute Gasteiger partial charge is 0.361 e. The normalized spacial score (nSPS) is 11.1. The number of aromatic nitrogens is 1. The zero-order chi connectivity index (χ0) is 13.8. The van der Waals surface area contributed by atoms with Gasteiger partial charge in [0.05, 0.1) is 0 Å². The first kappa shape index (κ1) is 13.2. The van der Waals surface area contributed by atoms with E-state index in [0.717, 1.165) is 24.5 Å². The predicted molar refractivity (Wildman–Crippen MR) is 85.2 cm³/mol.